The van der Waals surface area contributed by atoms with E-state index in [9.17, 15) is 13.2 Å². The van der Waals surface area contributed by atoms with Crippen LogP contribution in [0.25, 0.3) is 5.65 Å². The van der Waals surface area contributed by atoms with Gasteiger partial charge in [-0.2, -0.15) is 0 Å². The Labute approximate surface area is 151 Å². The molecule has 2 aromatic rings. The molecule has 9 heteroatoms. The molecule has 5 rings (SSSR count). The number of hydrogen-bond donors (Lipinski definition) is 0. The van der Waals surface area contributed by atoms with Crippen LogP contribution in [0.2, 0.25) is 0 Å². The molecule has 0 N–H and O–H groups in total. The SMILES string of the molecule is Cc1c(C(=O)N2C[C@H]3C[C@H]4C(C2)(CN(C)S4(=O)=O)O3)nc2ccccn12. The first-order chi connectivity index (χ1) is 12.3. The number of sulfonamides is 1. The van der Waals surface area contributed by atoms with Gasteiger partial charge in [-0.05, 0) is 25.5 Å². The Hall–Kier alpha value is -1.97. The van der Waals surface area contributed by atoms with Crippen molar-refractivity contribution in [3.05, 3.63) is 35.8 Å². The van der Waals surface area contributed by atoms with Crippen molar-refractivity contribution in [1.29, 1.82) is 0 Å². The van der Waals surface area contributed by atoms with Gasteiger partial charge in [0.25, 0.3) is 5.91 Å². The number of aromatic nitrogens is 2. The fourth-order valence-corrected chi connectivity index (χ4v) is 6.72. The monoisotopic (exact) mass is 376 g/mol. The van der Waals surface area contributed by atoms with Crippen molar-refractivity contribution >= 4 is 21.6 Å². The van der Waals surface area contributed by atoms with Crippen LogP contribution in [0.1, 0.15) is 22.6 Å². The molecule has 138 valence electrons. The summed E-state index contributed by atoms with van der Waals surface area (Å²) in [6.07, 6.45) is 2.09. The Balaban J connectivity index is 1.50. The lowest BCUT2D eigenvalue weighted by atomic mass is 9.99. The molecule has 0 saturated carbocycles. The number of rotatable bonds is 1. The predicted molar refractivity (Wildman–Crippen MR) is 93.4 cm³/mol. The van der Waals surface area contributed by atoms with Gasteiger partial charge in [-0.25, -0.2) is 17.7 Å². The summed E-state index contributed by atoms with van der Waals surface area (Å²) >= 11 is 0. The van der Waals surface area contributed by atoms with E-state index in [0.717, 1.165) is 11.3 Å². The van der Waals surface area contributed by atoms with Crippen molar-refractivity contribution in [2.24, 2.45) is 0 Å². The van der Waals surface area contributed by atoms with Crippen LogP contribution in [0.5, 0.6) is 0 Å². The maximum Gasteiger partial charge on any atom is 0.274 e. The number of carbonyl (C=O) groups excluding carboxylic acids is 1. The van der Waals surface area contributed by atoms with E-state index in [4.69, 9.17) is 4.74 Å². The average molecular weight is 376 g/mol. The van der Waals surface area contributed by atoms with E-state index in [1.807, 2.05) is 35.7 Å². The van der Waals surface area contributed by atoms with Gasteiger partial charge < -0.3 is 14.0 Å². The minimum absolute atomic E-state index is 0.161. The molecule has 26 heavy (non-hydrogen) atoms. The van der Waals surface area contributed by atoms with E-state index < -0.39 is 20.9 Å². The molecule has 1 unspecified atom stereocenters. The molecule has 3 aliphatic rings. The number of fused-ring (bicyclic) bond motifs is 2. The van der Waals surface area contributed by atoms with Crippen LogP contribution < -0.4 is 0 Å². The summed E-state index contributed by atoms with van der Waals surface area (Å²) in [5.74, 6) is -0.161. The molecule has 1 spiro atoms. The second-order valence-electron chi connectivity index (χ2n) is 7.49. The molecular formula is C17H20N4O4S. The van der Waals surface area contributed by atoms with Crippen LogP contribution in [0.15, 0.2) is 24.4 Å². The zero-order valence-electron chi connectivity index (χ0n) is 14.6. The normalized spacial score (nSPS) is 32.9. The summed E-state index contributed by atoms with van der Waals surface area (Å²) in [7, 11) is -1.78. The lowest BCUT2D eigenvalue weighted by Gasteiger charge is -2.39. The van der Waals surface area contributed by atoms with Gasteiger partial charge in [-0.1, -0.05) is 6.07 Å². The van der Waals surface area contributed by atoms with Crippen LogP contribution in [-0.4, -0.2) is 76.6 Å². The molecule has 3 atom stereocenters. The van der Waals surface area contributed by atoms with Gasteiger partial charge in [0, 0.05) is 26.3 Å². The van der Waals surface area contributed by atoms with Crippen molar-refractivity contribution in [2.75, 3.05) is 26.7 Å². The Bertz CT molecular complexity index is 1030. The van der Waals surface area contributed by atoms with Crippen molar-refractivity contribution in [2.45, 2.75) is 30.3 Å². The lowest BCUT2D eigenvalue weighted by Crippen LogP contribution is -2.56. The summed E-state index contributed by atoms with van der Waals surface area (Å²) < 4.78 is 34.4. The Morgan fingerprint density at radius 2 is 2.15 bits per heavy atom. The summed E-state index contributed by atoms with van der Waals surface area (Å²) in [6, 6.07) is 5.64. The number of amides is 1. The van der Waals surface area contributed by atoms with Gasteiger partial charge in [-0.3, -0.25) is 4.79 Å². The summed E-state index contributed by atoms with van der Waals surface area (Å²) in [4.78, 5) is 19.4. The predicted octanol–water partition coefficient (Wildman–Crippen LogP) is 0.270. The maximum atomic E-state index is 13.2. The third-order valence-electron chi connectivity index (χ3n) is 5.89. The highest BCUT2D eigenvalue weighted by molar-refractivity contribution is 7.90. The van der Waals surface area contributed by atoms with E-state index in [1.54, 1.807) is 11.9 Å². The summed E-state index contributed by atoms with van der Waals surface area (Å²) in [5, 5.41) is -0.565. The number of ether oxygens (including phenoxy) is 1. The number of hydrogen-bond acceptors (Lipinski definition) is 5. The largest absolute Gasteiger partial charge is 0.365 e. The Kier molecular flexibility index (Phi) is 3.15. The molecule has 3 fully saturated rings. The van der Waals surface area contributed by atoms with Gasteiger partial charge in [0.1, 0.15) is 22.2 Å². The fourth-order valence-electron chi connectivity index (χ4n) is 4.69. The highest BCUT2D eigenvalue weighted by atomic mass is 32.2. The second-order valence-corrected chi connectivity index (χ2v) is 9.71. The smallest absolute Gasteiger partial charge is 0.274 e. The molecule has 0 radical (unpaired) electrons. The van der Waals surface area contributed by atoms with Crippen molar-refractivity contribution in [1.82, 2.24) is 18.6 Å². The second kappa shape index (κ2) is 5.05. The summed E-state index contributed by atoms with van der Waals surface area (Å²) in [6.45, 7) is 2.86. The van der Waals surface area contributed by atoms with E-state index in [2.05, 4.69) is 4.98 Å². The number of likely N-dealkylation sites (N-methyl/N-ethyl adjacent to an activating group) is 1. The molecule has 5 heterocycles. The molecule has 2 aromatic heterocycles. The maximum absolute atomic E-state index is 13.2. The highest BCUT2D eigenvalue weighted by Crippen LogP contribution is 2.46. The zero-order valence-corrected chi connectivity index (χ0v) is 15.4. The molecule has 3 saturated heterocycles. The van der Waals surface area contributed by atoms with E-state index in [1.165, 1.54) is 4.31 Å². The number of carbonyl (C=O) groups is 1. The topological polar surface area (TPSA) is 84.2 Å². The number of morpholine rings is 1. The molecule has 3 aliphatic heterocycles. The minimum atomic E-state index is -3.36. The Morgan fingerprint density at radius 3 is 2.92 bits per heavy atom. The van der Waals surface area contributed by atoms with Gasteiger partial charge in [-0.15, -0.1) is 0 Å². The lowest BCUT2D eigenvalue weighted by molar-refractivity contribution is -0.0967. The first kappa shape index (κ1) is 16.2. The third kappa shape index (κ3) is 1.99. The van der Waals surface area contributed by atoms with Crippen molar-refractivity contribution in [3.63, 3.8) is 0 Å². The minimum Gasteiger partial charge on any atom is -0.365 e. The van der Waals surface area contributed by atoms with Crippen LogP contribution in [0, 0.1) is 6.92 Å². The van der Waals surface area contributed by atoms with E-state index >= 15 is 0 Å². The fraction of sp³-hybridized carbons (Fsp3) is 0.529. The highest BCUT2D eigenvalue weighted by Gasteiger charge is 2.64. The van der Waals surface area contributed by atoms with Crippen LogP contribution >= 0.6 is 0 Å². The number of nitrogens with zero attached hydrogens (tertiary/aromatic N) is 4. The van der Waals surface area contributed by atoms with Crippen LogP contribution in [-0.2, 0) is 14.8 Å². The molecule has 1 amide bonds. The molecular weight excluding hydrogens is 356 g/mol. The number of aryl methyl sites for hydroxylation is 1. The molecule has 0 aromatic carbocycles. The first-order valence-corrected chi connectivity index (χ1v) is 10.2. The molecule has 2 bridgehead atoms. The van der Waals surface area contributed by atoms with Gasteiger partial charge in [0.15, 0.2) is 0 Å². The van der Waals surface area contributed by atoms with Gasteiger partial charge in [0.05, 0.1) is 18.3 Å². The number of pyridine rings is 1. The van der Waals surface area contributed by atoms with Gasteiger partial charge in [0.2, 0.25) is 10.0 Å². The standard InChI is InChI=1S/C17H20N4O4S/c1-11-15(18-14-5-3-4-6-21(11)14)16(22)20-8-12-7-13-17(10-20,25-12)9-19(2)26(13,23)24/h3-6,12-13H,7-10H2,1-2H3/t12-,13+,17?/m1/s1. The molecule has 0 aliphatic carbocycles. The third-order valence-corrected chi connectivity index (χ3v) is 8.23. The number of likely N-dealkylation sites (tertiary alicyclic amines) is 1. The first-order valence-electron chi connectivity index (χ1n) is 8.68. The Morgan fingerprint density at radius 1 is 1.35 bits per heavy atom. The van der Waals surface area contributed by atoms with E-state index in [-0.39, 0.29) is 18.6 Å². The van der Waals surface area contributed by atoms with Crippen molar-refractivity contribution in [3.8, 4) is 0 Å². The van der Waals surface area contributed by atoms with Gasteiger partial charge >= 0.3 is 0 Å². The van der Waals surface area contributed by atoms with Crippen LogP contribution in [0.3, 0.4) is 0 Å². The van der Waals surface area contributed by atoms with Crippen molar-refractivity contribution < 1.29 is 17.9 Å². The van der Waals surface area contributed by atoms with Crippen LogP contribution in [0.4, 0.5) is 0 Å². The summed E-state index contributed by atoms with van der Waals surface area (Å²) in [5.41, 5.74) is 1.11. The molecule has 8 nitrogen and oxygen atoms in total. The average Bonchev–Trinajstić information content (AvgIpc) is 3.14. The number of imidazole rings is 1. The quantitative estimate of drug-likeness (QED) is 0.713. The zero-order chi connectivity index (χ0) is 18.3. The van der Waals surface area contributed by atoms with E-state index in [0.29, 0.717) is 25.2 Å².